The van der Waals surface area contributed by atoms with Crippen molar-refractivity contribution in [2.45, 2.75) is 13.1 Å². The van der Waals surface area contributed by atoms with E-state index in [9.17, 15) is 18.0 Å². The quantitative estimate of drug-likeness (QED) is 0.568. The highest BCUT2D eigenvalue weighted by Gasteiger charge is 2.31. The highest BCUT2D eigenvalue weighted by molar-refractivity contribution is 6.34. The zero-order valence-electron chi connectivity index (χ0n) is 8.31. The molecule has 1 nitrogen and oxygen atoms in total. The van der Waals surface area contributed by atoms with Crippen LogP contribution in [0.15, 0.2) is 30.4 Å². The van der Waals surface area contributed by atoms with Gasteiger partial charge in [-0.3, -0.25) is 4.79 Å². The zero-order chi connectivity index (χ0) is 12.3. The third-order valence-corrected chi connectivity index (χ3v) is 2.21. The number of carbonyl (C=O) groups is 1. The molecule has 0 aliphatic rings. The topological polar surface area (TPSA) is 17.1 Å². The van der Waals surface area contributed by atoms with Gasteiger partial charge in [-0.2, -0.15) is 13.2 Å². The molecule has 1 aromatic carbocycles. The van der Waals surface area contributed by atoms with E-state index in [-0.39, 0.29) is 10.6 Å². The zero-order valence-corrected chi connectivity index (χ0v) is 9.06. The maximum absolute atomic E-state index is 12.4. The van der Waals surface area contributed by atoms with Crippen LogP contribution in [0.1, 0.15) is 22.8 Å². The summed E-state index contributed by atoms with van der Waals surface area (Å²) in [6, 6.07) is 2.67. The Hall–Kier alpha value is -1.29. The fraction of sp³-hybridized carbons (Fsp3) is 0.182. The lowest BCUT2D eigenvalue weighted by molar-refractivity contribution is -0.137. The minimum Gasteiger partial charge on any atom is -0.289 e. The van der Waals surface area contributed by atoms with E-state index in [1.807, 2.05) is 0 Å². The molecule has 0 aromatic heterocycles. The lowest BCUT2D eigenvalue weighted by Crippen LogP contribution is -2.07. The molecule has 0 saturated heterocycles. The summed E-state index contributed by atoms with van der Waals surface area (Å²) in [4.78, 5) is 11.4. The van der Waals surface area contributed by atoms with Gasteiger partial charge in [0.05, 0.1) is 10.6 Å². The van der Waals surface area contributed by atoms with Gasteiger partial charge in [-0.15, -0.1) is 0 Å². The maximum Gasteiger partial charge on any atom is 0.416 e. The Morgan fingerprint density at radius 1 is 1.38 bits per heavy atom. The third-order valence-electron chi connectivity index (χ3n) is 1.88. The second-order valence-corrected chi connectivity index (χ2v) is 3.46. The van der Waals surface area contributed by atoms with Gasteiger partial charge in [0.2, 0.25) is 0 Å². The minimum atomic E-state index is -4.48. The number of halogens is 4. The smallest absolute Gasteiger partial charge is 0.289 e. The Morgan fingerprint density at radius 2 is 2.00 bits per heavy atom. The summed E-state index contributed by atoms with van der Waals surface area (Å²) in [5, 5.41) is 0.0103. The summed E-state index contributed by atoms with van der Waals surface area (Å²) in [6.07, 6.45) is -1.87. The van der Waals surface area contributed by atoms with E-state index in [2.05, 4.69) is 0 Å². The maximum atomic E-state index is 12.4. The van der Waals surface area contributed by atoms with Crippen molar-refractivity contribution in [2.75, 3.05) is 0 Å². The molecule has 0 atom stereocenters. The molecule has 0 N–H and O–H groups in total. The fourth-order valence-electron chi connectivity index (χ4n) is 1.13. The molecule has 0 aliphatic carbocycles. The summed E-state index contributed by atoms with van der Waals surface area (Å²) < 4.78 is 37.1. The van der Waals surface area contributed by atoms with Gasteiger partial charge in [-0.05, 0) is 31.2 Å². The molecule has 0 saturated carbocycles. The number of hydrogen-bond acceptors (Lipinski definition) is 1. The van der Waals surface area contributed by atoms with Crippen LogP contribution in [0.2, 0.25) is 5.02 Å². The average molecular weight is 249 g/mol. The Morgan fingerprint density at radius 3 is 2.50 bits per heavy atom. The number of ketones is 1. The van der Waals surface area contributed by atoms with Crippen molar-refractivity contribution in [1.82, 2.24) is 0 Å². The average Bonchev–Trinajstić information content (AvgIpc) is 2.16. The van der Waals surface area contributed by atoms with Crippen LogP contribution < -0.4 is 0 Å². The lowest BCUT2D eigenvalue weighted by Gasteiger charge is -2.08. The normalized spacial score (nSPS) is 12.1. The van der Waals surface area contributed by atoms with E-state index in [1.54, 1.807) is 6.92 Å². The van der Waals surface area contributed by atoms with E-state index in [0.717, 1.165) is 18.2 Å². The van der Waals surface area contributed by atoms with Crippen LogP contribution in [-0.2, 0) is 6.18 Å². The van der Waals surface area contributed by atoms with E-state index in [1.165, 1.54) is 12.2 Å². The predicted molar refractivity (Wildman–Crippen MR) is 55.6 cm³/mol. The molecule has 0 radical (unpaired) electrons. The van der Waals surface area contributed by atoms with Crippen molar-refractivity contribution < 1.29 is 18.0 Å². The second-order valence-electron chi connectivity index (χ2n) is 3.06. The van der Waals surface area contributed by atoms with Crippen molar-refractivity contribution in [2.24, 2.45) is 0 Å². The van der Waals surface area contributed by atoms with Crippen molar-refractivity contribution in [1.29, 1.82) is 0 Å². The van der Waals surface area contributed by atoms with Crippen LogP contribution >= 0.6 is 11.6 Å². The standard InChI is InChI=1S/C11H8ClF3O/c1-2-3-10(16)8-6-7(11(13,14)15)4-5-9(8)12/h2-6H,1H3/b3-2+. The largest absolute Gasteiger partial charge is 0.416 e. The van der Waals surface area contributed by atoms with Crippen LogP contribution in [-0.4, -0.2) is 5.78 Å². The molecule has 0 heterocycles. The lowest BCUT2D eigenvalue weighted by atomic mass is 10.1. The van der Waals surface area contributed by atoms with Gasteiger partial charge >= 0.3 is 6.18 Å². The monoisotopic (exact) mass is 248 g/mol. The number of alkyl halides is 3. The summed E-state index contributed by atoms with van der Waals surface area (Å²) >= 11 is 5.65. The van der Waals surface area contributed by atoms with Crippen LogP contribution in [0.4, 0.5) is 13.2 Å². The van der Waals surface area contributed by atoms with Crippen molar-refractivity contribution >= 4 is 17.4 Å². The van der Waals surface area contributed by atoms with Gasteiger partial charge in [-0.25, -0.2) is 0 Å². The molecule has 0 spiro atoms. The number of allylic oxidation sites excluding steroid dienone is 2. The highest BCUT2D eigenvalue weighted by Crippen LogP contribution is 2.31. The summed E-state index contributed by atoms with van der Waals surface area (Å²) in [5.41, 5.74) is -1.03. The minimum absolute atomic E-state index is 0.0103. The van der Waals surface area contributed by atoms with Crippen LogP contribution in [0.3, 0.4) is 0 Å². The molecule has 16 heavy (non-hydrogen) atoms. The van der Waals surface area contributed by atoms with Crippen LogP contribution in [0.25, 0.3) is 0 Å². The Kier molecular flexibility index (Phi) is 3.75. The van der Waals surface area contributed by atoms with Gasteiger partial charge in [0.1, 0.15) is 0 Å². The first-order valence-corrected chi connectivity index (χ1v) is 4.78. The van der Waals surface area contributed by atoms with Gasteiger partial charge in [0.25, 0.3) is 0 Å². The van der Waals surface area contributed by atoms with Gasteiger partial charge in [0, 0.05) is 5.56 Å². The molecule has 0 unspecified atom stereocenters. The van der Waals surface area contributed by atoms with E-state index >= 15 is 0 Å². The molecular formula is C11H8ClF3O. The third kappa shape index (κ3) is 2.85. The summed E-state index contributed by atoms with van der Waals surface area (Å²) in [6.45, 7) is 1.60. The Bertz CT molecular complexity index is 435. The van der Waals surface area contributed by atoms with Crippen molar-refractivity contribution in [3.05, 3.63) is 46.5 Å². The van der Waals surface area contributed by atoms with Crippen molar-refractivity contribution in [3.63, 3.8) is 0 Å². The molecule has 0 bridgehead atoms. The molecule has 86 valence electrons. The van der Waals surface area contributed by atoms with Crippen LogP contribution in [0.5, 0.6) is 0 Å². The van der Waals surface area contributed by atoms with E-state index < -0.39 is 17.5 Å². The molecule has 0 aliphatic heterocycles. The fourth-order valence-corrected chi connectivity index (χ4v) is 1.34. The SMILES string of the molecule is C/C=C/C(=O)c1cc(C(F)(F)F)ccc1Cl. The summed E-state index contributed by atoms with van der Waals surface area (Å²) in [5.74, 6) is -0.543. The molecular weight excluding hydrogens is 241 g/mol. The van der Waals surface area contributed by atoms with Crippen LogP contribution in [0, 0.1) is 0 Å². The van der Waals surface area contributed by atoms with Crippen molar-refractivity contribution in [3.8, 4) is 0 Å². The Balaban J connectivity index is 3.24. The molecule has 0 amide bonds. The first-order valence-electron chi connectivity index (χ1n) is 4.40. The van der Waals surface area contributed by atoms with E-state index in [4.69, 9.17) is 11.6 Å². The Labute approximate surface area is 95.5 Å². The van der Waals surface area contributed by atoms with E-state index in [0.29, 0.717) is 0 Å². The first-order chi connectivity index (χ1) is 7.36. The predicted octanol–water partition coefficient (Wildman–Crippen LogP) is 4.12. The molecule has 0 fully saturated rings. The highest BCUT2D eigenvalue weighted by atomic mass is 35.5. The number of carbonyl (C=O) groups excluding carboxylic acids is 1. The summed E-state index contributed by atoms with van der Waals surface area (Å²) in [7, 11) is 0. The second kappa shape index (κ2) is 4.70. The molecule has 1 rings (SSSR count). The molecule has 1 aromatic rings. The van der Waals surface area contributed by atoms with Gasteiger partial charge in [-0.1, -0.05) is 17.7 Å². The van der Waals surface area contributed by atoms with Gasteiger partial charge in [0.15, 0.2) is 5.78 Å². The first kappa shape index (κ1) is 12.8. The molecule has 5 heteroatoms. The number of rotatable bonds is 2. The number of hydrogen-bond donors (Lipinski definition) is 0. The number of benzene rings is 1. The van der Waals surface area contributed by atoms with Gasteiger partial charge < -0.3 is 0 Å².